The van der Waals surface area contributed by atoms with E-state index in [0.717, 1.165) is 27.3 Å². The molecule has 7 nitrogen and oxygen atoms in total. The first-order valence-electron chi connectivity index (χ1n) is 13.3. The number of anilines is 1. The van der Waals surface area contributed by atoms with E-state index in [9.17, 15) is 18.0 Å². The molecule has 1 atom stereocenters. The third-order valence-electron chi connectivity index (χ3n) is 6.62. The van der Waals surface area contributed by atoms with E-state index < -0.39 is 28.5 Å². The third kappa shape index (κ3) is 8.32. The molecule has 0 spiro atoms. The first-order chi connectivity index (χ1) is 18.9. The number of carbonyl (C=O) groups excluding carboxylic acids is 2. The van der Waals surface area contributed by atoms with E-state index in [2.05, 4.69) is 5.32 Å². The number of hydrogen-bond acceptors (Lipinski definition) is 4. The average Bonchev–Trinajstić information content (AvgIpc) is 2.89. The first-order valence-corrected chi connectivity index (χ1v) is 15.5. The van der Waals surface area contributed by atoms with Gasteiger partial charge in [0.15, 0.2) is 0 Å². The molecule has 0 saturated heterocycles. The zero-order valence-electron chi connectivity index (χ0n) is 23.7. The highest BCUT2D eigenvalue weighted by Gasteiger charge is 2.34. The van der Waals surface area contributed by atoms with E-state index in [1.54, 1.807) is 18.2 Å². The van der Waals surface area contributed by atoms with Gasteiger partial charge in [-0.1, -0.05) is 92.2 Å². The van der Waals surface area contributed by atoms with Crippen LogP contribution in [-0.2, 0) is 32.6 Å². The van der Waals surface area contributed by atoms with Crippen LogP contribution in [0.15, 0.2) is 72.8 Å². The van der Waals surface area contributed by atoms with Crippen molar-refractivity contribution in [2.24, 2.45) is 5.92 Å². The Kier molecular flexibility index (Phi) is 10.8. The molecule has 1 N–H and O–H groups in total. The normalized spacial score (nSPS) is 12.2. The van der Waals surface area contributed by atoms with Crippen LogP contribution in [0, 0.1) is 19.8 Å². The predicted octanol–water partition coefficient (Wildman–Crippen LogP) is 5.14. The Balaban J connectivity index is 2.09. The molecule has 0 radical (unpaired) electrons. The maximum atomic E-state index is 14.2. The Bertz CT molecular complexity index is 1410. The van der Waals surface area contributed by atoms with Crippen LogP contribution in [0.2, 0.25) is 5.02 Å². The Labute approximate surface area is 243 Å². The standard InChI is InChI=1S/C31H38ClN3O4S/c1-22(2)19-33-31(37)28(18-25-14-7-6-8-15-25)34(20-26-16-9-10-17-27(26)32)29(36)21-35(40(5,38)39)30-23(3)12-11-13-24(30)4/h6-17,22,28H,18-21H2,1-5H3,(H,33,37)/t28-/m0/s1. The van der Waals surface area contributed by atoms with Gasteiger partial charge >= 0.3 is 0 Å². The number of nitrogens with zero attached hydrogens (tertiary/aromatic N) is 2. The molecule has 40 heavy (non-hydrogen) atoms. The Morgan fingerprint density at radius 1 is 0.900 bits per heavy atom. The minimum atomic E-state index is -3.84. The number of sulfonamides is 1. The molecule has 3 aromatic carbocycles. The van der Waals surface area contributed by atoms with E-state index >= 15 is 0 Å². The Morgan fingerprint density at radius 3 is 2.08 bits per heavy atom. The lowest BCUT2D eigenvalue weighted by Crippen LogP contribution is -2.53. The molecule has 0 saturated carbocycles. The molecule has 0 fully saturated rings. The van der Waals surface area contributed by atoms with E-state index in [1.165, 1.54) is 4.90 Å². The maximum absolute atomic E-state index is 14.2. The van der Waals surface area contributed by atoms with Crippen molar-refractivity contribution in [3.8, 4) is 0 Å². The number of aryl methyl sites for hydroxylation is 2. The second kappa shape index (κ2) is 13.8. The molecule has 0 heterocycles. The van der Waals surface area contributed by atoms with Gasteiger partial charge in [0, 0.05) is 24.5 Å². The van der Waals surface area contributed by atoms with Crippen molar-refractivity contribution >= 4 is 39.1 Å². The maximum Gasteiger partial charge on any atom is 0.244 e. The van der Waals surface area contributed by atoms with Gasteiger partial charge in [-0.3, -0.25) is 13.9 Å². The molecule has 214 valence electrons. The Hall–Kier alpha value is -3.36. The van der Waals surface area contributed by atoms with Crippen LogP contribution in [0.25, 0.3) is 0 Å². The summed E-state index contributed by atoms with van der Waals surface area (Å²) in [7, 11) is -3.84. The second-order valence-corrected chi connectivity index (χ2v) is 12.8. The summed E-state index contributed by atoms with van der Waals surface area (Å²) < 4.78 is 27.2. The third-order valence-corrected chi connectivity index (χ3v) is 8.10. The van der Waals surface area contributed by atoms with Crippen molar-refractivity contribution in [2.45, 2.75) is 46.7 Å². The molecule has 0 aromatic heterocycles. The molecule has 9 heteroatoms. The number of benzene rings is 3. The van der Waals surface area contributed by atoms with E-state index in [4.69, 9.17) is 11.6 Å². The molecule has 3 aromatic rings. The summed E-state index contributed by atoms with van der Waals surface area (Å²) in [5.74, 6) is -0.608. The van der Waals surface area contributed by atoms with Crippen LogP contribution < -0.4 is 9.62 Å². The van der Waals surface area contributed by atoms with Gasteiger partial charge in [-0.15, -0.1) is 0 Å². The number of carbonyl (C=O) groups is 2. The van der Waals surface area contributed by atoms with Crippen LogP contribution >= 0.6 is 11.6 Å². The summed E-state index contributed by atoms with van der Waals surface area (Å²) in [5.41, 5.74) is 3.45. The van der Waals surface area contributed by atoms with E-state index in [0.29, 0.717) is 22.8 Å². The Morgan fingerprint density at radius 2 is 1.50 bits per heavy atom. The van der Waals surface area contributed by atoms with Crippen LogP contribution in [0.4, 0.5) is 5.69 Å². The highest BCUT2D eigenvalue weighted by atomic mass is 35.5. The molecule has 0 aliphatic rings. The molecule has 3 rings (SSSR count). The fourth-order valence-electron chi connectivity index (χ4n) is 4.56. The van der Waals surface area contributed by atoms with Crippen molar-refractivity contribution in [3.05, 3.63) is 100 Å². The molecular formula is C31H38ClN3O4S. The number of hydrogen-bond donors (Lipinski definition) is 1. The zero-order chi connectivity index (χ0) is 29.4. The first kappa shape index (κ1) is 31.2. The summed E-state index contributed by atoms with van der Waals surface area (Å²) in [5, 5.41) is 3.43. The second-order valence-electron chi connectivity index (χ2n) is 10.5. The lowest BCUT2D eigenvalue weighted by molar-refractivity contribution is -0.140. The van der Waals surface area contributed by atoms with Gasteiger partial charge < -0.3 is 10.2 Å². The van der Waals surface area contributed by atoms with Crippen molar-refractivity contribution in [2.75, 3.05) is 23.7 Å². The zero-order valence-corrected chi connectivity index (χ0v) is 25.3. The van der Waals surface area contributed by atoms with Crippen molar-refractivity contribution in [1.29, 1.82) is 0 Å². The lowest BCUT2D eigenvalue weighted by Gasteiger charge is -2.34. The fourth-order valence-corrected chi connectivity index (χ4v) is 5.72. The predicted molar refractivity (Wildman–Crippen MR) is 162 cm³/mol. The summed E-state index contributed by atoms with van der Waals surface area (Å²) in [6.07, 6.45) is 1.34. The average molecular weight is 584 g/mol. The van der Waals surface area contributed by atoms with Crippen molar-refractivity contribution in [3.63, 3.8) is 0 Å². The number of nitrogens with one attached hydrogen (secondary N) is 1. The smallest absolute Gasteiger partial charge is 0.244 e. The molecule has 0 aliphatic carbocycles. The van der Waals surface area contributed by atoms with Crippen LogP contribution in [0.3, 0.4) is 0 Å². The topological polar surface area (TPSA) is 86.8 Å². The van der Waals surface area contributed by atoms with Gasteiger partial charge in [-0.05, 0) is 48.1 Å². The highest BCUT2D eigenvalue weighted by molar-refractivity contribution is 7.92. The highest BCUT2D eigenvalue weighted by Crippen LogP contribution is 2.28. The summed E-state index contributed by atoms with van der Waals surface area (Å²) >= 11 is 6.49. The molecule has 0 aliphatic heterocycles. The van der Waals surface area contributed by atoms with Crippen LogP contribution in [0.5, 0.6) is 0 Å². The molecule has 0 unspecified atom stereocenters. The van der Waals surface area contributed by atoms with Gasteiger partial charge in [0.25, 0.3) is 0 Å². The van der Waals surface area contributed by atoms with Gasteiger partial charge in [-0.25, -0.2) is 8.42 Å². The molecule has 0 bridgehead atoms. The minimum absolute atomic E-state index is 0.0372. The number of amides is 2. The fraction of sp³-hybridized carbons (Fsp3) is 0.355. The quantitative estimate of drug-likeness (QED) is 0.320. The van der Waals surface area contributed by atoms with Gasteiger partial charge in [0.2, 0.25) is 21.8 Å². The monoisotopic (exact) mass is 583 g/mol. The SMILES string of the molecule is Cc1cccc(C)c1N(CC(=O)N(Cc1ccccc1Cl)[C@@H](Cc1ccccc1)C(=O)NCC(C)C)S(C)(=O)=O. The largest absolute Gasteiger partial charge is 0.354 e. The number of rotatable bonds is 12. The van der Waals surface area contributed by atoms with E-state index in [-0.39, 0.29) is 24.8 Å². The molecule has 2 amide bonds. The minimum Gasteiger partial charge on any atom is -0.354 e. The summed E-state index contributed by atoms with van der Waals surface area (Å²) in [4.78, 5) is 29.3. The van der Waals surface area contributed by atoms with Crippen LogP contribution in [0.1, 0.15) is 36.1 Å². The van der Waals surface area contributed by atoms with Crippen LogP contribution in [-0.4, -0.2) is 50.5 Å². The summed E-state index contributed by atoms with van der Waals surface area (Å²) in [6.45, 7) is 7.62. The molecular weight excluding hydrogens is 546 g/mol. The van der Waals surface area contributed by atoms with Crippen molar-refractivity contribution < 1.29 is 18.0 Å². The lowest BCUT2D eigenvalue weighted by atomic mass is 10.0. The summed E-state index contributed by atoms with van der Waals surface area (Å²) in [6, 6.07) is 21.1. The van der Waals surface area contributed by atoms with Crippen molar-refractivity contribution in [1.82, 2.24) is 10.2 Å². The van der Waals surface area contributed by atoms with E-state index in [1.807, 2.05) is 82.3 Å². The van der Waals surface area contributed by atoms with Gasteiger partial charge in [0.05, 0.1) is 11.9 Å². The number of para-hydroxylation sites is 1. The van der Waals surface area contributed by atoms with Gasteiger partial charge in [-0.2, -0.15) is 0 Å². The van der Waals surface area contributed by atoms with Gasteiger partial charge in [0.1, 0.15) is 12.6 Å². The number of halogens is 1.